The highest BCUT2D eigenvalue weighted by Crippen LogP contribution is 2.24. The number of carbonyl (C=O) groups excluding carboxylic acids is 1. The van der Waals surface area contributed by atoms with Gasteiger partial charge in [-0.25, -0.2) is 4.98 Å². The minimum absolute atomic E-state index is 0.0353. The number of aliphatic hydroxyl groups is 1. The predicted octanol–water partition coefficient (Wildman–Crippen LogP) is 3.06. The first-order valence-corrected chi connectivity index (χ1v) is 7.61. The van der Waals surface area contributed by atoms with Crippen molar-refractivity contribution < 1.29 is 9.90 Å². The van der Waals surface area contributed by atoms with Gasteiger partial charge in [-0.2, -0.15) is 0 Å². The number of amides is 1. The number of halogens is 2. The van der Waals surface area contributed by atoms with Crippen LogP contribution in [0, 0.1) is 5.92 Å². The van der Waals surface area contributed by atoms with Crippen molar-refractivity contribution in [3.05, 3.63) is 28.0 Å². The summed E-state index contributed by atoms with van der Waals surface area (Å²) in [4.78, 5) is 16.2. The van der Waals surface area contributed by atoms with Gasteiger partial charge in [0, 0.05) is 18.6 Å². The Bertz CT molecular complexity index is 482. The van der Waals surface area contributed by atoms with Crippen molar-refractivity contribution in [2.45, 2.75) is 38.1 Å². The molecule has 0 radical (unpaired) electrons. The second kappa shape index (κ2) is 7.25. The second-order valence-electron chi connectivity index (χ2n) is 5.13. The zero-order valence-electron chi connectivity index (χ0n) is 11.1. The normalized spacial score (nSPS) is 23.1. The van der Waals surface area contributed by atoms with Crippen molar-refractivity contribution in [2.75, 3.05) is 6.61 Å². The number of hydrogen-bond donors (Lipinski definition) is 2. The first-order valence-electron chi connectivity index (χ1n) is 6.85. The molecule has 1 fully saturated rings. The van der Waals surface area contributed by atoms with E-state index < -0.39 is 0 Å². The van der Waals surface area contributed by atoms with Gasteiger partial charge in [-0.05, 0) is 25.0 Å². The van der Waals surface area contributed by atoms with Gasteiger partial charge in [0.05, 0.1) is 5.02 Å². The van der Waals surface area contributed by atoms with Crippen LogP contribution in [0.5, 0.6) is 0 Å². The van der Waals surface area contributed by atoms with E-state index in [0.29, 0.717) is 0 Å². The summed E-state index contributed by atoms with van der Waals surface area (Å²) in [6.07, 6.45) is 5.08. The largest absolute Gasteiger partial charge is 0.396 e. The van der Waals surface area contributed by atoms with Crippen LogP contribution in [0.2, 0.25) is 10.2 Å². The molecule has 20 heavy (non-hydrogen) atoms. The zero-order valence-corrected chi connectivity index (χ0v) is 12.6. The lowest BCUT2D eigenvalue weighted by molar-refractivity contribution is 0.0894. The molecule has 1 amide bonds. The fraction of sp³-hybridized carbons (Fsp3) is 0.571. The Balaban J connectivity index is 2.11. The standard InChI is InChI=1S/C14H18Cl2N2O2/c15-10-6-7-12(16)18-13(10)14(20)17-11-5-3-1-2-4-9(11)8-19/h6-7,9,11,19H,1-5,8H2,(H,17,20). The molecule has 1 heterocycles. The molecule has 4 nitrogen and oxygen atoms in total. The van der Waals surface area contributed by atoms with Crippen LogP contribution in [0.4, 0.5) is 0 Å². The lowest BCUT2D eigenvalue weighted by Crippen LogP contribution is -2.41. The summed E-state index contributed by atoms with van der Waals surface area (Å²) in [5, 5.41) is 12.9. The Morgan fingerprint density at radius 3 is 2.80 bits per heavy atom. The molecular formula is C14H18Cl2N2O2. The quantitative estimate of drug-likeness (QED) is 0.665. The molecule has 1 saturated carbocycles. The van der Waals surface area contributed by atoms with Crippen LogP contribution in [0.3, 0.4) is 0 Å². The molecule has 2 N–H and O–H groups in total. The number of rotatable bonds is 3. The van der Waals surface area contributed by atoms with E-state index in [1.807, 2.05) is 0 Å². The van der Waals surface area contributed by atoms with E-state index in [4.69, 9.17) is 23.2 Å². The van der Waals surface area contributed by atoms with Gasteiger partial charge in [0.15, 0.2) is 0 Å². The summed E-state index contributed by atoms with van der Waals surface area (Å²) in [5.41, 5.74) is 0.139. The van der Waals surface area contributed by atoms with E-state index >= 15 is 0 Å². The Hall–Kier alpha value is -0.840. The number of nitrogens with zero attached hydrogens (tertiary/aromatic N) is 1. The van der Waals surface area contributed by atoms with E-state index in [9.17, 15) is 9.90 Å². The van der Waals surface area contributed by atoms with Gasteiger partial charge in [0.1, 0.15) is 10.8 Å². The molecule has 2 atom stereocenters. The highest BCUT2D eigenvalue weighted by molar-refractivity contribution is 6.34. The van der Waals surface area contributed by atoms with Crippen LogP contribution in [0.15, 0.2) is 12.1 Å². The van der Waals surface area contributed by atoms with E-state index in [1.54, 1.807) is 12.1 Å². The maximum Gasteiger partial charge on any atom is 0.271 e. The molecule has 0 spiro atoms. The molecule has 0 saturated heterocycles. The molecule has 1 aromatic rings. The van der Waals surface area contributed by atoms with Gasteiger partial charge in [-0.15, -0.1) is 0 Å². The average molecular weight is 317 g/mol. The third kappa shape index (κ3) is 3.84. The minimum Gasteiger partial charge on any atom is -0.396 e. The molecule has 1 aromatic heterocycles. The lowest BCUT2D eigenvalue weighted by Gasteiger charge is -2.24. The Morgan fingerprint density at radius 2 is 2.05 bits per heavy atom. The van der Waals surface area contributed by atoms with Crippen molar-refractivity contribution in [1.82, 2.24) is 10.3 Å². The summed E-state index contributed by atoms with van der Waals surface area (Å²) in [5.74, 6) is -0.234. The van der Waals surface area contributed by atoms with E-state index in [0.717, 1.165) is 32.1 Å². The third-order valence-corrected chi connectivity index (χ3v) is 4.25. The maximum absolute atomic E-state index is 12.3. The molecule has 2 rings (SSSR count). The van der Waals surface area contributed by atoms with E-state index in [-0.39, 0.29) is 40.3 Å². The van der Waals surface area contributed by atoms with Crippen LogP contribution < -0.4 is 5.32 Å². The van der Waals surface area contributed by atoms with Crippen molar-refractivity contribution in [2.24, 2.45) is 5.92 Å². The van der Waals surface area contributed by atoms with Crippen LogP contribution in [-0.4, -0.2) is 28.6 Å². The van der Waals surface area contributed by atoms with Crippen LogP contribution in [0.25, 0.3) is 0 Å². The van der Waals surface area contributed by atoms with E-state index in [2.05, 4.69) is 10.3 Å². The number of pyridine rings is 1. The summed E-state index contributed by atoms with van der Waals surface area (Å²) in [6.45, 7) is 0.0850. The van der Waals surface area contributed by atoms with Crippen molar-refractivity contribution in [1.29, 1.82) is 0 Å². The first kappa shape index (κ1) is 15.5. The lowest BCUT2D eigenvalue weighted by atomic mass is 9.95. The summed E-state index contributed by atoms with van der Waals surface area (Å²) < 4.78 is 0. The van der Waals surface area contributed by atoms with Gasteiger partial charge in [-0.3, -0.25) is 4.79 Å². The number of aliphatic hydroxyl groups excluding tert-OH is 1. The molecule has 0 bridgehead atoms. The highest BCUT2D eigenvalue weighted by atomic mass is 35.5. The molecule has 1 aliphatic rings. The number of nitrogens with one attached hydrogen (secondary N) is 1. The van der Waals surface area contributed by atoms with Crippen molar-refractivity contribution in [3.63, 3.8) is 0 Å². The maximum atomic E-state index is 12.3. The van der Waals surface area contributed by atoms with E-state index in [1.165, 1.54) is 0 Å². The summed E-state index contributed by atoms with van der Waals surface area (Å²) in [7, 11) is 0. The zero-order chi connectivity index (χ0) is 14.5. The minimum atomic E-state index is -0.331. The van der Waals surface area contributed by atoms with Crippen LogP contribution in [-0.2, 0) is 0 Å². The summed E-state index contributed by atoms with van der Waals surface area (Å²) in [6, 6.07) is 3.07. The Morgan fingerprint density at radius 1 is 1.30 bits per heavy atom. The van der Waals surface area contributed by atoms with Crippen molar-refractivity contribution >= 4 is 29.1 Å². The van der Waals surface area contributed by atoms with Gasteiger partial charge in [0.2, 0.25) is 0 Å². The summed E-state index contributed by atoms with van der Waals surface area (Å²) >= 11 is 11.8. The Labute approximate surface area is 128 Å². The van der Waals surface area contributed by atoms with Gasteiger partial charge in [0.25, 0.3) is 5.91 Å². The van der Waals surface area contributed by atoms with Crippen molar-refractivity contribution in [3.8, 4) is 0 Å². The predicted molar refractivity (Wildman–Crippen MR) is 79.2 cm³/mol. The number of hydrogen-bond acceptors (Lipinski definition) is 3. The first-order chi connectivity index (χ1) is 9.61. The fourth-order valence-corrected chi connectivity index (χ4v) is 2.95. The molecule has 110 valence electrons. The third-order valence-electron chi connectivity index (χ3n) is 3.74. The molecular weight excluding hydrogens is 299 g/mol. The topological polar surface area (TPSA) is 62.2 Å². The molecule has 6 heteroatoms. The number of aromatic nitrogens is 1. The molecule has 0 aromatic carbocycles. The molecule has 0 aliphatic heterocycles. The number of carbonyl (C=O) groups is 1. The molecule has 2 unspecified atom stereocenters. The Kier molecular flexibility index (Phi) is 5.64. The van der Waals surface area contributed by atoms with Gasteiger partial charge < -0.3 is 10.4 Å². The average Bonchev–Trinajstić information content (AvgIpc) is 2.66. The van der Waals surface area contributed by atoms with Gasteiger partial charge in [-0.1, -0.05) is 42.5 Å². The smallest absolute Gasteiger partial charge is 0.271 e. The highest BCUT2D eigenvalue weighted by Gasteiger charge is 2.26. The second-order valence-corrected chi connectivity index (χ2v) is 5.92. The van der Waals surface area contributed by atoms with Gasteiger partial charge >= 0.3 is 0 Å². The molecule has 1 aliphatic carbocycles. The van der Waals surface area contributed by atoms with Crippen LogP contribution in [0.1, 0.15) is 42.6 Å². The SMILES string of the molecule is O=C(NC1CCCCCC1CO)c1nc(Cl)ccc1Cl. The van der Waals surface area contributed by atoms with Crippen LogP contribution >= 0.6 is 23.2 Å². The monoisotopic (exact) mass is 316 g/mol. The fourth-order valence-electron chi connectivity index (χ4n) is 2.61.